The maximum absolute atomic E-state index is 5.65. The highest BCUT2D eigenvalue weighted by Gasteiger charge is 2.26. The molecule has 1 fully saturated rings. The van der Waals surface area contributed by atoms with E-state index in [9.17, 15) is 0 Å². The van der Waals surface area contributed by atoms with Crippen molar-refractivity contribution in [1.82, 2.24) is 10.2 Å². The molecule has 2 heterocycles. The molecule has 0 aliphatic carbocycles. The normalized spacial score (nSPS) is 19.0. The molecule has 2 unspecified atom stereocenters. The van der Waals surface area contributed by atoms with Crippen molar-refractivity contribution >= 4 is 0 Å². The predicted molar refractivity (Wildman–Crippen MR) is 84.2 cm³/mol. The first-order valence-electron chi connectivity index (χ1n) is 8.05. The molecular weight excluding hydrogens is 266 g/mol. The molecule has 1 aromatic rings. The Morgan fingerprint density at radius 1 is 1.43 bits per heavy atom. The quantitative estimate of drug-likeness (QED) is 0.688. The Balaban J connectivity index is 1.91. The molecular formula is C16H29N3O2. The van der Waals surface area contributed by atoms with Crippen molar-refractivity contribution in [2.24, 2.45) is 5.73 Å². The number of methoxy groups -OCH3 is 1. The monoisotopic (exact) mass is 295 g/mol. The second kappa shape index (κ2) is 9.20. The summed E-state index contributed by atoms with van der Waals surface area (Å²) >= 11 is 0. The van der Waals surface area contributed by atoms with Crippen LogP contribution >= 0.6 is 0 Å². The lowest BCUT2D eigenvalue weighted by Gasteiger charge is -2.28. The van der Waals surface area contributed by atoms with E-state index in [-0.39, 0.29) is 0 Å². The Kier molecular flexibility index (Phi) is 7.23. The molecule has 21 heavy (non-hydrogen) atoms. The van der Waals surface area contributed by atoms with Crippen molar-refractivity contribution in [3.05, 3.63) is 24.2 Å². The summed E-state index contributed by atoms with van der Waals surface area (Å²) < 4.78 is 11.0. The number of hydrogen-bond donors (Lipinski definition) is 2. The van der Waals surface area contributed by atoms with Gasteiger partial charge < -0.3 is 20.2 Å². The highest BCUT2D eigenvalue weighted by molar-refractivity contribution is 5.06. The third kappa shape index (κ3) is 5.11. The van der Waals surface area contributed by atoms with Gasteiger partial charge in [0.15, 0.2) is 0 Å². The van der Waals surface area contributed by atoms with E-state index < -0.39 is 0 Å². The van der Waals surface area contributed by atoms with Crippen LogP contribution in [0.3, 0.4) is 0 Å². The van der Waals surface area contributed by atoms with Crippen LogP contribution in [0, 0.1) is 0 Å². The van der Waals surface area contributed by atoms with Crippen LogP contribution in [0.25, 0.3) is 0 Å². The fraction of sp³-hybridized carbons (Fsp3) is 0.750. The minimum Gasteiger partial charge on any atom is -0.468 e. The van der Waals surface area contributed by atoms with Gasteiger partial charge in [0.1, 0.15) is 5.76 Å². The molecule has 2 rings (SSSR count). The molecule has 1 saturated heterocycles. The van der Waals surface area contributed by atoms with E-state index in [0.717, 1.165) is 51.4 Å². The lowest BCUT2D eigenvalue weighted by molar-refractivity contribution is 0.148. The topological polar surface area (TPSA) is 63.7 Å². The van der Waals surface area contributed by atoms with Crippen LogP contribution < -0.4 is 11.1 Å². The fourth-order valence-corrected chi connectivity index (χ4v) is 3.03. The van der Waals surface area contributed by atoms with Crippen LogP contribution in [0.15, 0.2) is 22.8 Å². The zero-order valence-corrected chi connectivity index (χ0v) is 13.1. The summed E-state index contributed by atoms with van der Waals surface area (Å²) in [7, 11) is 1.75. The zero-order valence-electron chi connectivity index (χ0n) is 13.1. The number of nitrogens with one attached hydrogen (secondary N) is 1. The van der Waals surface area contributed by atoms with Crippen LogP contribution in [-0.2, 0) is 4.74 Å². The summed E-state index contributed by atoms with van der Waals surface area (Å²) in [5.41, 5.74) is 5.61. The second-order valence-corrected chi connectivity index (χ2v) is 5.77. The highest BCUT2D eigenvalue weighted by atomic mass is 16.5. The highest BCUT2D eigenvalue weighted by Crippen LogP contribution is 2.25. The fourth-order valence-electron chi connectivity index (χ4n) is 3.03. The maximum atomic E-state index is 5.65. The van der Waals surface area contributed by atoms with E-state index in [2.05, 4.69) is 16.3 Å². The lowest BCUT2D eigenvalue weighted by atomic mass is 10.1. The van der Waals surface area contributed by atoms with Crippen LogP contribution in [0.5, 0.6) is 0 Å². The minimum absolute atomic E-state index is 0.319. The van der Waals surface area contributed by atoms with Crippen LogP contribution in [-0.4, -0.2) is 50.8 Å². The van der Waals surface area contributed by atoms with E-state index in [0.29, 0.717) is 12.1 Å². The standard InChI is InChI=1S/C16H29N3O2/c1-20-13-14(6-4-8-17)18-12-15(16-7-5-11-21-16)19-9-2-3-10-19/h5,7,11,14-15,18H,2-4,6,8-10,12-13,17H2,1H3. The SMILES string of the molecule is COCC(CCCN)NCC(c1ccco1)N1CCCC1. The molecule has 5 heteroatoms. The van der Waals surface area contributed by atoms with Crippen molar-refractivity contribution in [3.8, 4) is 0 Å². The summed E-state index contributed by atoms with van der Waals surface area (Å²) in [5.74, 6) is 1.05. The average molecular weight is 295 g/mol. The molecule has 1 aliphatic heterocycles. The maximum Gasteiger partial charge on any atom is 0.122 e. The molecule has 1 aliphatic rings. The van der Waals surface area contributed by atoms with E-state index in [4.69, 9.17) is 14.9 Å². The van der Waals surface area contributed by atoms with Gasteiger partial charge in [0.05, 0.1) is 18.9 Å². The van der Waals surface area contributed by atoms with Crippen LogP contribution in [0.1, 0.15) is 37.5 Å². The first-order chi connectivity index (χ1) is 10.3. The van der Waals surface area contributed by atoms with E-state index in [1.807, 2.05) is 6.07 Å². The molecule has 0 aromatic carbocycles. The molecule has 2 atom stereocenters. The van der Waals surface area contributed by atoms with Gasteiger partial charge >= 0.3 is 0 Å². The van der Waals surface area contributed by atoms with Crippen molar-refractivity contribution in [1.29, 1.82) is 0 Å². The van der Waals surface area contributed by atoms with E-state index >= 15 is 0 Å². The Bertz CT molecular complexity index is 364. The Hall–Kier alpha value is -0.880. The first-order valence-corrected chi connectivity index (χ1v) is 8.05. The largest absolute Gasteiger partial charge is 0.468 e. The predicted octanol–water partition coefficient (Wildman–Crippen LogP) is 1.76. The number of nitrogens with zero attached hydrogens (tertiary/aromatic N) is 1. The first kappa shape index (κ1) is 16.5. The number of furan rings is 1. The molecule has 0 amide bonds. The summed E-state index contributed by atoms with van der Waals surface area (Å²) in [5, 5.41) is 3.64. The summed E-state index contributed by atoms with van der Waals surface area (Å²) in [6, 6.07) is 4.73. The second-order valence-electron chi connectivity index (χ2n) is 5.77. The van der Waals surface area contributed by atoms with E-state index in [1.54, 1.807) is 13.4 Å². The minimum atomic E-state index is 0.319. The average Bonchev–Trinajstić information content (AvgIpc) is 3.18. The molecule has 0 radical (unpaired) electrons. The third-order valence-corrected chi connectivity index (χ3v) is 4.18. The van der Waals surface area contributed by atoms with Gasteiger partial charge in [0, 0.05) is 19.7 Å². The van der Waals surface area contributed by atoms with Gasteiger partial charge in [-0.15, -0.1) is 0 Å². The molecule has 0 saturated carbocycles. The summed E-state index contributed by atoms with van der Waals surface area (Å²) in [6.45, 7) is 4.67. The van der Waals surface area contributed by atoms with Crippen LogP contribution in [0.4, 0.5) is 0 Å². The van der Waals surface area contributed by atoms with Crippen LogP contribution in [0.2, 0.25) is 0 Å². The van der Waals surface area contributed by atoms with Crippen molar-refractivity contribution in [2.75, 3.05) is 39.9 Å². The van der Waals surface area contributed by atoms with Crippen molar-refractivity contribution in [2.45, 2.75) is 37.8 Å². The third-order valence-electron chi connectivity index (χ3n) is 4.18. The van der Waals surface area contributed by atoms with E-state index in [1.165, 1.54) is 12.8 Å². The Morgan fingerprint density at radius 2 is 2.24 bits per heavy atom. The molecule has 3 N–H and O–H groups in total. The van der Waals surface area contributed by atoms with Gasteiger partial charge in [0.25, 0.3) is 0 Å². The van der Waals surface area contributed by atoms with Gasteiger partial charge in [-0.1, -0.05) is 0 Å². The number of hydrogen-bond acceptors (Lipinski definition) is 5. The Labute approximate surface area is 127 Å². The van der Waals surface area contributed by atoms with Gasteiger partial charge in [-0.05, 0) is 57.5 Å². The van der Waals surface area contributed by atoms with Gasteiger partial charge in [0.2, 0.25) is 0 Å². The molecule has 0 spiro atoms. The zero-order chi connectivity index (χ0) is 14.9. The molecule has 120 valence electrons. The van der Waals surface area contributed by atoms with Gasteiger partial charge in [-0.25, -0.2) is 0 Å². The molecule has 0 bridgehead atoms. The van der Waals surface area contributed by atoms with Crippen molar-refractivity contribution in [3.63, 3.8) is 0 Å². The summed E-state index contributed by atoms with van der Waals surface area (Å²) in [6.07, 6.45) is 6.41. The number of nitrogens with two attached hydrogens (primary N) is 1. The molecule has 5 nitrogen and oxygen atoms in total. The summed E-state index contributed by atoms with van der Waals surface area (Å²) in [4.78, 5) is 2.51. The van der Waals surface area contributed by atoms with Crippen molar-refractivity contribution < 1.29 is 9.15 Å². The number of likely N-dealkylation sites (tertiary alicyclic amines) is 1. The molecule has 1 aromatic heterocycles. The Morgan fingerprint density at radius 3 is 2.86 bits per heavy atom. The lowest BCUT2D eigenvalue weighted by Crippen LogP contribution is -2.40. The van der Waals surface area contributed by atoms with Gasteiger partial charge in [-0.3, -0.25) is 4.90 Å². The smallest absolute Gasteiger partial charge is 0.122 e. The van der Waals surface area contributed by atoms with Gasteiger partial charge in [-0.2, -0.15) is 0 Å². The number of rotatable bonds is 10. The number of ether oxygens (including phenoxy) is 1.